The van der Waals surface area contributed by atoms with Crippen molar-refractivity contribution in [3.05, 3.63) is 35.6 Å². The molecule has 1 atom stereocenters. The Morgan fingerprint density at radius 2 is 1.85 bits per heavy atom. The molecule has 0 bridgehead atoms. The summed E-state index contributed by atoms with van der Waals surface area (Å²) in [4.78, 5) is 22.8. The van der Waals surface area contributed by atoms with Crippen molar-refractivity contribution >= 4 is 11.9 Å². The summed E-state index contributed by atoms with van der Waals surface area (Å²) in [6.07, 6.45) is 0.639. The largest absolute Gasteiger partial charge is 0.481 e. The average molecular weight is 281 g/mol. The molecule has 0 saturated heterocycles. The van der Waals surface area contributed by atoms with Crippen LogP contribution < -0.4 is 5.32 Å². The lowest BCUT2D eigenvalue weighted by molar-refractivity contribution is -0.142. The van der Waals surface area contributed by atoms with Gasteiger partial charge in [-0.2, -0.15) is 0 Å². The number of carboxylic acids is 1. The van der Waals surface area contributed by atoms with Gasteiger partial charge >= 0.3 is 5.97 Å². The van der Waals surface area contributed by atoms with E-state index in [9.17, 15) is 14.0 Å². The summed E-state index contributed by atoms with van der Waals surface area (Å²) in [6, 6.07) is 5.66. The molecule has 0 fully saturated rings. The van der Waals surface area contributed by atoms with Gasteiger partial charge in [-0.25, -0.2) is 4.39 Å². The highest BCUT2D eigenvalue weighted by molar-refractivity contribution is 5.79. The van der Waals surface area contributed by atoms with Crippen LogP contribution in [0.25, 0.3) is 0 Å². The van der Waals surface area contributed by atoms with E-state index in [1.807, 2.05) is 13.8 Å². The number of rotatable bonds is 7. The van der Waals surface area contributed by atoms with Crippen LogP contribution in [-0.2, 0) is 16.0 Å². The second kappa shape index (κ2) is 7.62. The molecule has 0 saturated carbocycles. The van der Waals surface area contributed by atoms with Crippen LogP contribution in [0.15, 0.2) is 24.3 Å². The highest BCUT2D eigenvalue weighted by Crippen LogP contribution is 2.11. The molecule has 0 aliphatic carbocycles. The summed E-state index contributed by atoms with van der Waals surface area (Å²) in [5.74, 6) is -1.83. The van der Waals surface area contributed by atoms with Gasteiger partial charge in [-0.3, -0.25) is 9.59 Å². The summed E-state index contributed by atoms with van der Waals surface area (Å²) >= 11 is 0. The third-order valence-electron chi connectivity index (χ3n) is 2.93. The lowest BCUT2D eigenvalue weighted by Gasteiger charge is -2.15. The SMILES string of the molecule is CC(C)C[C@@H](CNC(=O)Cc1ccc(F)cc1)C(=O)O. The van der Waals surface area contributed by atoms with Crippen LogP contribution in [0.4, 0.5) is 4.39 Å². The summed E-state index contributed by atoms with van der Waals surface area (Å²) in [5.41, 5.74) is 0.694. The van der Waals surface area contributed by atoms with Gasteiger partial charge in [0, 0.05) is 6.54 Å². The molecule has 0 aromatic heterocycles. The van der Waals surface area contributed by atoms with Crippen LogP contribution in [0.5, 0.6) is 0 Å². The molecule has 0 aliphatic rings. The molecule has 0 aliphatic heterocycles. The van der Waals surface area contributed by atoms with Gasteiger partial charge in [-0.15, -0.1) is 0 Å². The molecule has 4 nitrogen and oxygen atoms in total. The molecule has 2 N–H and O–H groups in total. The first-order valence-corrected chi connectivity index (χ1v) is 6.62. The molecule has 0 spiro atoms. The Labute approximate surface area is 118 Å². The summed E-state index contributed by atoms with van der Waals surface area (Å²) in [6.45, 7) is 4.00. The number of hydrogen-bond donors (Lipinski definition) is 2. The van der Waals surface area contributed by atoms with Crippen LogP contribution in [0.2, 0.25) is 0 Å². The first-order valence-electron chi connectivity index (χ1n) is 6.62. The minimum atomic E-state index is -0.902. The van der Waals surface area contributed by atoms with E-state index in [0.717, 1.165) is 0 Å². The van der Waals surface area contributed by atoms with Gasteiger partial charge in [0.05, 0.1) is 12.3 Å². The average Bonchev–Trinajstić information content (AvgIpc) is 2.36. The number of amides is 1. The van der Waals surface area contributed by atoms with E-state index >= 15 is 0 Å². The van der Waals surface area contributed by atoms with Crippen molar-refractivity contribution in [3.63, 3.8) is 0 Å². The number of hydrogen-bond acceptors (Lipinski definition) is 2. The van der Waals surface area contributed by atoms with Crippen molar-refractivity contribution in [1.29, 1.82) is 0 Å². The maximum atomic E-state index is 12.7. The Balaban J connectivity index is 2.45. The van der Waals surface area contributed by atoms with Gasteiger partial charge < -0.3 is 10.4 Å². The smallest absolute Gasteiger partial charge is 0.308 e. The minimum Gasteiger partial charge on any atom is -0.481 e. The number of aliphatic carboxylic acids is 1. The fraction of sp³-hybridized carbons (Fsp3) is 0.467. The highest BCUT2D eigenvalue weighted by atomic mass is 19.1. The zero-order chi connectivity index (χ0) is 15.1. The number of benzene rings is 1. The second-order valence-electron chi connectivity index (χ2n) is 5.27. The predicted octanol–water partition coefficient (Wildman–Crippen LogP) is 2.23. The first kappa shape index (κ1) is 16.1. The zero-order valence-electron chi connectivity index (χ0n) is 11.7. The number of halogens is 1. The van der Waals surface area contributed by atoms with E-state index in [0.29, 0.717) is 12.0 Å². The molecule has 1 aromatic carbocycles. The van der Waals surface area contributed by atoms with Gasteiger partial charge in [0.2, 0.25) is 5.91 Å². The number of nitrogens with one attached hydrogen (secondary N) is 1. The quantitative estimate of drug-likeness (QED) is 0.805. The Kier molecular flexibility index (Phi) is 6.15. The lowest BCUT2D eigenvalue weighted by atomic mass is 9.97. The fourth-order valence-electron chi connectivity index (χ4n) is 1.93. The normalized spacial score (nSPS) is 12.2. The van der Waals surface area contributed by atoms with Gasteiger partial charge in [-0.05, 0) is 30.0 Å². The minimum absolute atomic E-state index is 0.119. The van der Waals surface area contributed by atoms with Crippen LogP contribution in [0.3, 0.4) is 0 Å². The van der Waals surface area contributed by atoms with E-state index in [2.05, 4.69) is 5.32 Å². The molecule has 0 radical (unpaired) electrons. The van der Waals surface area contributed by atoms with Gasteiger partial charge in [0.25, 0.3) is 0 Å². The van der Waals surface area contributed by atoms with E-state index in [-0.39, 0.29) is 30.6 Å². The molecule has 1 aromatic rings. The third-order valence-corrected chi connectivity index (χ3v) is 2.93. The fourth-order valence-corrected chi connectivity index (χ4v) is 1.93. The van der Waals surface area contributed by atoms with Crippen molar-refractivity contribution in [3.8, 4) is 0 Å². The first-order chi connectivity index (χ1) is 9.38. The van der Waals surface area contributed by atoms with Crippen molar-refractivity contribution < 1.29 is 19.1 Å². The van der Waals surface area contributed by atoms with Crippen LogP contribution in [0, 0.1) is 17.7 Å². The number of carboxylic acid groups (broad SMARTS) is 1. The second-order valence-corrected chi connectivity index (χ2v) is 5.27. The highest BCUT2D eigenvalue weighted by Gasteiger charge is 2.19. The van der Waals surface area contributed by atoms with Gasteiger partial charge in [-0.1, -0.05) is 26.0 Å². The molecule has 1 amide bonds. The van der Waals surface area contributed by atoms with Crippen LogP contribution in [0.1, 0.15) is 25.8 Å². The van der Waals surface area contributed by atoms with Crippen molar-refractivity contribution in [2.75, 3.05) is 6.54 Å². The molecule has 1 rings (SSSR count). The molecule has 0 heterocycles. The molecule has 5 heteroatoms. The molecule has 0 unspecified atom stereocenters. The predicted molar refractivity (Wildman–Crippen MR) is 73.7 cm³/mol. The summed E-state index contributed by atoms with van der Waals surface area (Å²) < 4.78 is 12.7. The number of carbonyl (C=O) groups is 2. The monoisotopic (exact) mass is 281 g/mol. The Morgan fingerprint density at radius 3 is 2.35 bits per heavy atom. The maximum absolute atomic E-state index is 12.7. The Hall–Kier alpha value is -1.91. The van der Waals surface area contributed by atoms with Crippen LogP contribution in [-0.4, -0.2) is 23.5 Å². The zero-order valence-corrected chi connectivity index (χ0v) is 11.7. The third kappa shape index (κ3) is 5.82. The number of carbonyl (C=O) groups excluding carboxylic acids is 1. The Bertz CT molecular complexity index is 457. The molecular weight excluding hydrogens is 261 g/mol. The van der Waals surface area contributed by atoms with E-state index in [1.165, 1.54) is 24.3 Å². The van der Waals surface area contributed by atoms with Crippen molar-refractivity contribution in [2.24, 2.45) is 11.8 Å². The van der Waals surface area contributed by atoms with Crippen LogP contribution >= 0.6 is 0 Å². The van der Waals surface area contributed by atoms with E-state index in [1.54, 1.807) is 0 Å². The molecular formula is C15H20FNO3. The standard InChI is InChI=1S/C15H20FNO3/c1-10(2)7-12(15(19)20)9-17-14(18)8-11-3-5-13(16)6-4-11/h3-6,10,12H,7-9H2,1-2H3,(H,17,18)(H,19,20)/t12-/m0/s1. The van der Waals surface area contributed by atoms with Crippen molar-refractivity contribution in [2.45, 2.75) is 26.7 Å². The summed E-state index contributed by atoms with van der Waals surface area (Å²) in [7, 11) is 0. The molecule has 110 valence electrons. The summed E-state index contributed by atoms with van der Waals surface area (Å²) in [5, 5.41) is 11.7. The lowest BCUT2D eigenvalue weighted by Crippen LogP contribution is -2.34. The van der Waals surface area contributed by atoms with E-state index in [4.69, 9.17) is 5.11 Å². The maximum Gasteiger partial charge on any atom is 0.308 e. The molecule has 20 heavy (non-hydrogen) atoms. The van der Waals surface area contributed by atoms with Gasteiger partial charge in [0.15, 0.2) is 0 Å². The Morgan fingerprint density at radius 1 is 1.25 bits per heavy atom. The van der Waals surface area contributed by atoms with Gasteiger partial charge in [0.1, 0.15) is 5.82 Å². The topological polar surface area (TPSA) is 66.4 Å². The van der Waals surface area contributed by atoms with E-state index < -0.39 is 11.9 Å². The van der Waals surface area contributed by atoms with Crippen molar-refractivity contribution in [1.82, 2.24) is 5.32 Å².